The van der Waals surface area contributed by atoms with Crippen molar-refractivity contribution in [2.45, 2.75) is 113 Å². The molecule has 2 aliphatic carbocycles. The van der Waals surface area contributed by atoms with Gasteiger partial charge in [-0.15, -0.1) is 0 Å². The lowest BCUT2D eigenvalue weighted by molar-refractivity contribution is -0.384. The molecule has 4 aliphatic heterocycles. The van der Waals surface area contributed by atoms with Crippen LogP contribution < -0.4 is 24.6 Å². The molecular weight excluding hydrogens is 1030 g/mol. The maximum absolute atomic E-state index is 14.8. The first kappa shape index (κ1) is 53.0. The molecule has 1 spiro atoms. The number of benzene rings is 4. The Morgan fingerprint density at radius 3 is 2.53 bits per heavy atom. The molecule has 1 amide bonds. The summed E-state index contributed by atoms with van der Waals surface area (Å²) in [7, 11) is -4.66. The number of sulfonamides is 1. The average molecular weight is 1100 g/mol. The fourth-order valence-corrected chi connectivity index (χ4v) is 14.3. The molecule has 0 unspecified atom stereocenters. The maximum Gasteiger partial charge on any atom is 0.293 e. The van der Waals surface area contributed by atoms with Crippen LogP contribution in [0, 0.1) is 33.1 Å². The SMILES string of the molecule is CC(C)c1ccccc1[C@@H]1CN(Cc2ccc(F)c(F)c2)CCN1C1CC2(C1)CN(c1ccc(C(=O)NS(=O)(=O)c3ccc(NC[C@H]4CC[C@](C)(O)CC4)c([N+](=O)[O-])c3)c(N3c4cc5cc[nH]c5nc4O[C@H]4COCC[C@@H]43)c1)C2. The lowest BCUT2D eigenvalue weighted by Gasteiger charge is -2.63. The Morgan fingerprint density at radius 1 is 0.962 bits per heavy atom. The van der Waals surface area contributed by atoms with E-state index in [4.69, 9.17) is 14.5 Å². The van der Waals surface area contributed by atoms with Gasteiger partial charge in [0.05, 0.1) is 39.3 Å². The molecule has 0 bridgehead atoms. The summed E-state index contributed by atoms with van der Waals surface area (Å²) < 4.78 is 71.4. The van der Waals surface area contributed by atoms with Crippen molar-refractivity contribution in [2.24, 2.45) is 11.3 Å². The van der Waals surface area contributed by atoms with E-state index < -0.39 is 54.8 Å². The normalized spacial score (nSPS) is 24.3. The zero-order valence-corrected chi connectivity index (χ0v) is 45.5. The van der Waals surface area contributed by atoms with E-state index in [1.165, 1.54) is 35.4 Å². The van der Waals surface area contributed by atoms with Gasteiger partial charge in [-0.05, 0) is 135 Å². The van der Waals surface area contributed by atoms with Gasteiger partial charge in [0.1, 0.15) is 23.1 Å². The minimum absolute atomic E-state index is 0.0621. The highest BCUT2D eigenvalue weighted by Crippen LogP contribution is 2.54. The van der Waals surface area contributed by atoms with Gasteiger partial charge < -0.3 is 34.7 Å². The molecule has 12 rings (SSSR count). The largest absolute Gasteiger partial charge is 0.468 e. The van der Waals surface area contributed by atoms with Gasteiger partial charge in [0.2, 0.25) is 5.88 Å². The van der Waals surface area contributed by atoms with Gasteiger partial charge in [0.25, 0.3) is 21.6 Å². The minimum Gasteiger partial charge on any atom is -0.468 e. The topological polar surface area (TPSA) is 199 Å². The zero-order valence-electron chi connectivity index (χ0n) is 44.7. The number of nitrogens with zero attached hydrogens (tertiary/aromatic N) is 6. The van der Waals surface area contributed by atoms with Crippen molar-refractivity contribution in [2.75, 3.05) is 67.6 Å². The highest BCUT2D eigenvalue weighted by atomic mass is 32.2. The Labute approximate surface area is 458 Å². The maximum atomic E-state index is 14.8. The number of fused-ring (bicyclic) bond motifs is 3. The van der Waals surface area contributed by atoms with Crippen molar-refractivity contribution < 1.29 is 41.5 Å². The van der Waals surface area contributed by atoms with E-state index in [-0.39, 0.29) is 41.3 Å². The van der Waals surface area contributed by atoms with E-state index in [0.717, 1.165) is 81.1 Å². The molecule has 6 aliphatic rings. The summed E-state index contributed by atoms with van der Waals surface area (Å²) >= 11 is 0. The lowest BCUT2D eigenvalue weighted by Crippen LogP contribution is -2.68. The van der Waals surface area contributed by atoms with Gasteiger partial charge in [-0.25, -0.2) is 21.9 Å². The lowest BCUT2D eigenvalue weighted by atomic mass is 9.59. The summed E-state index contributed by atoms with van der Waals surface area (Å²) in [4.78, 5) is 43.5. The number of H-pyrrole nitrogens is 1. The number of hydrogen-bond donors (Lipinski definition) is 4. The van der Waals surface area contributed by atoms with E-state index in [2.05, 4.69) is 67.8 Å². The van der Waals surface area contributed by atoms with Crippen molar-refractivity contribution in [3.8, 4) is 5.88 Å². The number of carbonyl (C=O) groups is 1. The molecule has 2 aromatic heterocycles. The van der Waals surface area contributed by atoms with Gasteiger partial charge in [0, 0.05) is 93.3 Å². The van der Waals surface area contributed by atoms with Crippen LogP contribution in [0.4, 0.5) is 37.2 Å². The van der Waals surface area contributed by atoms with Gasteiger partial charge in [-0.2, -0.15) is 4.98 Å². The fourth-order valence-electron chi connectivity index (χ4n) is 13.4. The third-order valence-electron chi connectivity index (χ3n) is 17.7. The number of amides is 1. The van der Waals surface area contributed by atoms with E-state index in [0.29, 0.717) is 73.8 Å². The molecule has 416 valence electrons. The average Bonchev–Trinajstić information content (AvgIpc) is 4.04. The Balaban J connectivity index is 0.811. The van der Waals surface area contributed by atoms with Crippen LogP contribution in [0.2, 0.25) is 0 Å². The van der Waals surface area contributed by atoms with Crippen molar-refractivity contribution in [3.63, 3.8) is 0 Å². The summed E-state index contributed by atoms with van der Waals surface area (Å²) in [5, 5.41) is 26.8. The van der Waals surface area contributed by atoms with Crippen LogP contribution >= 0.6 is 0 Å². The van der Waals surface area contributed by atoms with Gasteiger partial charge in [-0.3, -0.25) is 24.7 Å². The number of hydrogen-bond acceptors (Lipinski definition) is 14. The number of carbonyl (C=O) groups excluding carboxylic acids is 1. The van der Waals surface area contributed by atoms with E-state index in [1.807, 2.05) is 36.1 Å². The molecule has 79 heavy (non-hydrogen) atoms. The van der Waals surface area contributed by atoms with Crippen molar-refractivity contribution in [1.29, 1.82) is 0 Å². The van der Waals surface area contributed by atoms with Crippen LogP contribution in [-0.2, 0) is 21.3 Å². The Kier molecular flexibility index (Phi) is 13.9. The first-order chi connectivity index (χ1) is 37.9. The summed E-state index contributed by atoms with van der Waals surface area (Å²) in [6.45, 7) is 11.8. The monoisotopic (exact) mass is 1100 g/mol. The summed E-state index contributed by atoms with van der Waals surface area (Å²) in [5.74, 6) is -1.76. The van der Waals surface area contributed by atoms with Crippen LogP contribution in [0.5, 0.6) is 5.88 Å². The molecule has 6 aromatic rings. The van der Waals surface area contributed by atoms with Gasteiger partial charge in [0.15, 0.2) is 11.6 Å². The Morgan fingerprint density at radius 2 is 1.76 bits per heavy atom. The molecule has 3 atom stereocenters. The molecule has 20 heteroatoms. The highest BCUT2D eigenvalue weighted by Gasteiger charge is 2.55. The Hall–Kier alpha value is -6.71. The number of halogens is 2. The smallest absolute Gasteiger partial charge is 0.293 e. The first-order valence-corrected chi connectivity index (χ1v) is 29.1. The quantitative estimate of drug-likeness (QED) is 0.0594. The summed E-state index contributed by atoms with van der Waals surface area (Å²) in [5.41, 5.74) is 5.03. The number of rotatable bonds is 14. The molecule has 6 heterocycles. The Bertz CT molecular complexity index is 3430. The molecule has 3 saturated heterocycles. The number of aliphatic hydroxyl groups is 1. The van der Waals surface area contributed by atoms with Gasteiger partial charge in [-0.1, -0.05) is 44.2 Å². The number of anilines is 4. The minimum atomic E-state index is -4.66. The standard InChI is InChI=1S/C59H67F2N9O8S/c1-36(2)43-6-4-5-7-44(43)53-32-66(31-38-8-12-46(60)47(61)24-38)21-22-68(53)41-28-59(29-41)34-67(35-59)40-9-11-45(50(26-40)69-49-17-23-77-33-54(49)78-57-52(69)25-39-16-20-62-55(39)64-57)56(71)65-79(75,76)42-10-13-48(51(27-42)70(73)74)63-30-37-14-18-58(3,72)19-15-37/h4-13,16,20,24-27,36-37,41,49,53-54,63,72H,14-15,17-19,21-23,28-35H2,1-3H3,(H,62,64)(H,65,71)/t37-,49-,53-,54-,58-/m0/s1. The van der Waals surface area contributed by atoms with E-state index in [9.17, 15) is 37.2 Å². The fraction of sp³-hybridized carbons (Fsp3) is 0.458. The number of nitrogens with one attached hydrogen (secondary N) is 3. The molecule has 0 radical (unpaired) electrons. The molecule has 5 fully saturated rings. The molecule has 4 aromatic carbocycles. The van der Waals surface area contributed by atoms with Crippen LogP contribution in [0.1, 0.15) is 105 Å². The molecule has 2 saturated carbocycles. The number of ether oxygens (including phenoxy) is 2. The first-order valence-electron chi connectivity index (χ1n) is 27.6. The summed E-state index contributed by atoms with van der Waals surface area (Å²) in [6, 6.07) is 25.9. The third kappa shape index (κ3) is 10.4. The predicted molar refractivity (Wildman–Crippen MR) is 296 cm³/mol. The van der Waals surface area contributed by atoms with Crippen LogP contribution in [0.15, 0.2) is 102 Å². The van der Waals surface area contributed by atoms with E-state index in [1.54, 1.807) is 18.3 Å². The zero-order chi connectivity index (χ0) is 55.0. The van der Waals surface area contributed by atoms with Crippen molar-refractivity contribution >= 4 is 55.4 Å². The van der Waals surface area contributed by atoms with Crippen LogP contribution in [-0.4, -0.2) is 120 Å². The molecular formula is C59H67F2N9O8S. The number of piperazine rings is 1. The summed E-state index contributed by atoms with van der Waals surface area (Å²) in [6.07, 6.45) is 6.59. The number of aromatic nitrogens is 2. The highest BCUT2D eigenvalue weighted by molar-refractivity contribution is 7.90. The second kappa shape index (κ2) is 20.7. The predicted octanol–water partition coefficient (Wildman–Crippen LogP) is 9.56. The second-order valence-electron chi connectivity index (χ2n) is 23.5. The number of nitro benzene ring substituents is 1. The number of pyridine rings is 1. The molecule has 4 N–H and O–H groups in total. The number of aromatic amines is 1. The van der Waals surface area contributed by atoms with E-state index >= 15 is 0 Å². The number of nitro groups is 1. The second-order valence-corrected chi connectivity index (χ2v) is 25.2. The molecule has 17 nitrogen and oxygen atoms in total. The van der Waals surface area contributed by atoms with Crippen LogP contribution in [0.3, 0.4) is 0 Å². The van der Waals surface area contributed by atoms with Gasteiger partial charge >= 0.3 is 0 Å². The van der Waals surface area contributed by atoms with Crippen LogP contribution in [0.25, 0.3) is 11.0 Å². The third-order valence-corrected chi connectivity index (χ3v) is 19.0. The van der Waals surface area contributed by atoms with Crippen molar-refractivity contribution in [1.82, 2.24) is 24.5 Å². The van der Waals surface area contributed by atoms with Crippen molar-refractivity contribution in [3.05, 3.63) is 141 Å².